The highest BCUT2D eigenvalue weighted by atomic mass is 16.7. The van der Waals surface area contributed by atoms with Crippen molar-refractivity contribution in [3.63, 3.8) is 0 Å². The zero-order chi connectivity index (χ0) is 26.2. The number of hydrogen-bond donors (Lipinski definition) is 3. The number of hydrazine groups is 1. The number of hydrogen-bond acceptors (Lipinski definition) is 7. The van der Waals surface area contributed by atoms with Crippen molar-refractivity contribution in [2.45, 2.75) is 97.1 Å². The molecule has 7 nitrogen and oxygen atoms in total. The first-order valence-electron chi connectivity index (χ1n) is 14.0. The van der Waals surface area contributed by atoms with Crippen LogP contribution >= 0.6 is 0 Å². The van der Waals surface area contributed by atoms with E-state index in [9.17, 15) is 5.11 Å². The van der Waals surface area contributed by atoms with Crippen LogP contribution in [0, 0.1) is 5.92 Å². The first-order chi connectivity index (χ1) is 17.4. The van der Waals surface area contributed by atoms with Crippen LogP contribution in [-0.2, 0) is 15.9 Å². The third kappa shape index (κ3) is 12.1. The lowest BCUT2D eigenvalue weighted by Crippen LogP contribution is -2.40. The van der Waals surface area contributed by atoms with Crippen molar-refractivity contribution in [2.75, 3.05) is 33.4 Å². The van der Waals surface area contributed by atoms with E-state index in [4.69, 9.17) is 20.1 Å². The van der Waals surface area contributed by atoms with Crippen LogP contribution in [0.15, 0.2) is 36.0 Å². The van der Waals surface area contributed by atoms with Crippen LogP contribution in [0.1, 0.15) is 77.7 Å². The van der Waals surface area contributed by atoms with Gasteiger partial charge in [-0.2, -0.15) is 0 Å². The molecule has 0 aliphatic carbocycles. The Hall–Kier alpha value is -1.64. The van der Waals surface area contributed by atoms with Crippen LogP contribution in [-0.4, -0.2) is 62.0 Å². The third-order valence-electron chi connectivity index (χ3n) is 6.83. The fourth-order valence-electron chi connectivity index (χ4n) is 4.40. The summed E-state index contributed by atoms with van der Waals surface area (Å²) in [5.74, 6) is 7.60. The fourth-order valence-corrected chi connectivity index (χ4v) is 4.40. The van der Waals surface area contributed by atoms with Gasteiger partial charge < -0.3 is 29.6 Å². The molecule has 1 heterocycles. The van der Waals surface area contributed by atoms with Gasteiger partial charge in [0.05, 0.1) is 18.8 Å². The summed E-state index contributed by atoms with van der Waals surface area (Å²) < 4.78 is 18.0. The van der Waals surface area contributed by atoms with Crippen LogP contribution in [0.5, 0.6) is 5.75 Å². The highest BCUT2D eigenvalue weighted by molar-refractivity contribution is 5.28. The summed E-state index contributed by atoms with van der Waals surface area (Å²) in [5.41, 5.74) is 2.66. The van der Waals surface area contributed by atoms with Crippen LogP contribution < -0.4 is 15.9 Å². The maximum Gasteiger partial charge on any atom is 0.202 e. The quantitative estimate of drug-likeness (QED) is 0.150. The Morgan fingerprint density at radius 2 is 2.11 bits per heavy atom. The molecule has 1 saturated heterocycles. The number of allylic oxidation sites excluding steroid dienone is 1. The monoisotopic (exact) mass is 505 g/mol. The first-order valence-corrected chi connectivity index (χ1v) is 14.0. The van der Waals surface area contributed by atoms with Crippen molar-refractivity contribution in [1.82, 2.24) is 10.3 Å². The number of nitrogens with zero attached hydrogens (tertiary/aromatic N) is 1. The van der Waals surface area contributed by atoms with E-state index in [0.29, 0.717) is 32.0 Å². The molecule has 0 saturated carbocycles. The number of unbranched alkanes of at least 4 members (excludes halogenated alkanes) is 2. The van der Waals surface area contributed by atoms with Gasteiger partial charge in [0, 0.05) is 32.2 Å². The highest BCUT2D eigenvalue weighted by Crippen LogP contribution is 2.24. The molecule has 7 heteroatoms. The van der Waals surface area contributed by atoms with Gasteiger partial charge in [-0.1, -0.05) is 44.9 Å². The first kappa shape index (κ1) is 30.6. The van der Waals surface area contributed by atoms with Gasteiger partial charge in [-0.05, 0) is 75.7 Å². The number of nitrogens with one attached hydrogen (secondary N) is 1. The molecule has 36 heavy (non-hydrogen) atoms. The second-order valence-electron chi connectivity index (χ2n) is 10.1. The number of rotatable bonds is 18. The summed E-state index contributed by atoms with van der Waals surface area (Å²) in [7, 11) is 1.95. The van der Waals surface area contributed by atoms with Gasteiger partial charge in [0.1, 0.15) is 5.75 Å². The number of benzene rings is 1. The molecule has 1 aliphatic heterocycles. The van der Waals surface area contributed by atoms with E-state index >= 15 is 0 Å². The van der Waals surface area contributed by atoms with Crippen molar-refractivity contribution in [3.05, 3.63) is 41.6 Å². The van der Waals surface area contributed by atoms with Crippen molar-refractivity contribution >= 4 is 0 Å². The van der Waals surface area contributed by atoms with Crippen molar-refractivity contribution in [1.29, 1.82) is 0 Å². The topological polar surface area (TPSA) is 89.2 Å². The summed E-state index contributed by atoms with van der Waals surface area (Å²) in [4.78, 5) is 0. The largest absolute Gasteiger partial charge is 0.465 e. The average Bonchev–Trinajstić information content (AvgIpc) is 2.86. The molecule has 4 atom stereocenters. The number of aliphatic hydroxyl groups is 1. The van der Waals surface area contributed by atoms with Crippen LogP contribution in [0.3, 0.4) is 0 Å². The molecule has 0 aromatic heterocycles. The van der Waals surface area contributed by atoms with Gasteiger partial charge in [0.2, 0.25) is 6.29 Å². The minimum absolute atomic E-state index is 0.170. The maximum atomic E-state index is 10.3. The standard InChI is InChI=1S/C29H51N3O4/c1-5-7-12-25(23(3)6-2)21-32(30)16-8-9-17-34-22-28-19-26(33)20-29(36-28)35-27-13-10-11-24(18-27)14-15-31-4/h10-11,13,18,21,23,26,28-29,31,33H,5-9,12,14-17,19-20,22,30H2,1-4H3/b25-21-. The second kappa shape index (κ2) is 17.8. The Morgan fingerprint density at radius 3 is 2.86 bits per heavy atom. The van der Waals surface area contributed by atoms with Crippen LogP contribution in [0.2, 0.25) is 0 Å². The zero-order valence-corrected chi connectivity index (χ0v) is 23.1. The highest BCUT2D eigenvalue weighted by Gasteiger charge is 2.30. The normalized spacial score (nSPS) is 21.4. The lowest BCUT2D eigenvalue weighted by Gasteiger charge is -2.33. The number of aliphatic hydroxyl groups excluding tert-OH is 1. The predicted molar refractivity (Wildman–Crippen MR) is 147 cm³/mol. The Bertz CT molecular complexity index is 745. The number of nitrogens with two attached hydrogens (primary N) is 1. The lowest BCUT2D eigenvalue weighted by molar-refractivity contribution is -0.189. The van der Waals surface area contributed by atoms with Crippen LogP contribution in [0.25, 0.3) is 0 Å². The smallest absolute Gasteiger partial charge is 0.202 e. The van der Waals surface area contributed by atoms with E-state index in [-0.39, 0.29) is 6.10 Å². The molecule has 4 unspecified atom stereocenters. The van der Waals surface area contributed by atoms with Gasteiger partial charge in [0.25, 0.3) is 0 Å². The Morgan fingerprint density at radius 1 is 1.28 bits per heavy atom. The van der Waals surface area contributed by atoms with E-state index in [2.05, 4.69) is 38.4 Å². The van der Waals surface area contributed by atoms with Crippen molar-refractivity contribution in [2.24, 2.45) is 11.8 Å². The summed E-state index contributed by atoms with van der Waals surface area (Å²) in [5, 5.41) is 15.3. The molecular weight excluding hydrogens is 454 g/mol. The van der Waals surface area contributed by atoms with Gasteiger partial charge in [-0.25, -0.2) is 5.84 Å². The molecular formula is C29H51N3O4. The predicted octanol–water partition coefficient (Wildman–Crippen LogP) is 4.79. The Labute approximate surface area is 219 Å². The lowest BCUT2D eigenvalue weighted by atomic mass is 9.94. The second-order valence-corrected chi connectivity index (χ2v) is 10.1. The average molecular weight is 506 g/mol. The minimum atomic E-state index is -0.466. The molecule has 1 fully saturated rings. The van der Waals surface area contributed by atoms with Crippen LogP contribution in [0.4, 0.5) is 0 Å². The van der Waals surface area contributed by atoms with E-state index < -0.39 is 12.4 Å². The zero-order valence-electron chi connectivity index (χ0n) is 23.1. The summed E-state index contributed by atoms with van der Waals surface area (Å²) in [6.45, 7) is 9.59. The van der Waals surface area contributed by atoms with Gasteiger partial charge in [0.15, 0.2) is 0 Å². The molecule has 0 radical (unpaired) electrons. The molecule has 4 N–H and O–H groups in total. The molecule has 206 valence electrons. The number of ether oxygens (including phenoxy) is 3. The molecule has 2 rings (SSSR count). The van der Waals surface area contributed by atoms with Crippen molar-refractivity contribution in [3.8, 4) is 5.75 Å². The SMILES string of the molecule is CCCC/C(=C/N(N)CCCCOCC1CC(O)CC(Oc2cccc(CCNC)c2)O1)C(C)CC. The molecule has 0 spiro atoms. The van der Waals surface area contributed by atoms with Gasteiger partial charge in [-0.15, -0.1) is 0 Å². The van der Waals surface area contributed by atoms with Crippen molar-refractivity contribution < 1.29 is 19.3 Å². The maximum absolute atomic E-state index is 10.3. The molecule has 0 amide bonds. The summed E-state index contributed by atoms with van der Waals surface area (Å²) in [6, 6.07) is 8.06. The molecule has 1 aliphatic rings. The van der Waals surface area contributed by atoms with E-state index in [1.807, 2.05) is 30.3 Å². The van der Waals surface area contributed by atoms with Gasteiger partial charge >= 0.3 is 0 Å². The Balaban J connectivity index is 1.68. The minimum Gasteiger partial charge on any atom is -0.465 e. The Kier molecular flexibility index (Phi) is 15.1. The fraction of sp³-hybridized carbons (Fsp3) is 0.724. The molecule has 0 bridgehead atoms. The summed E-state index contributed by atoms with van der Waals surface area (Å²) >= 11 is 0. The number of likely N-dealkylation sites (N-methyl/N-ethyl adjacent to an activating group) is 1. The van der Waals surface area contributed by atoms with Gasteiger partial charge in [-0.3, -0.25) is 0 Å². The molecule has 1 aromatic carbocycles. The summed E-state index contributed by atoms with van der Waals surface area (Å²) in [6.07, 6.45) is 9.63. The van der Waals surface area contributed by atoms with E-state index in [0.717, 1.165) is 50.9 Å². The van der Waals surface area contributed by atoms with E-state index in [1.165, 1.54) is 24.0 Å². The van der Waals surface area contributed by atoms with E-state index in [1.54, 1.807) is 0 Å². The molecule has 1 aromatic rings. The third-order valence-corrected chi connectivity index (χ3v) is 6.83.